The lowest BCUT2D eigenvalue weighted by molar-refractivity contribution is -0.137. The van der Waals surface area contributed by atoms with Gasteiger partial charge in [-0.3, -0.25) is 18.6 Å². The van der Waals surface area contributed by atoms with E-state index in [-0.39, 0.29) is 17.4 Å². The minimum atomic E-state index is -4.81. The summed E-state index contributed by atoms with van der Waals surface area (Å²) in [5.74, 6) is -4.04. The van der Waals surface area contributed by atoms with E-state index in [0.717, 1.165) is 54.8 Å². The molecule has 13 heteroatoms. The Bertz CT molecular complexity index is 1170. The van der Waals surface area contributed by atoms with E-state index in [2.05, 4.69) is 10.6 Å². The Morgan fingerprint density at radius 2 is 1.65 bits per heavy atom. The minimum Gasteiger partial charge on any atom is -0.352 e. The van der Waals surface area contributed by atoms with E-state index >= 15 is 0 Å². The Morgan fingerprint density at radius 1 is 1.00 bits per heavy atom. The van der Waals surface area contributed by atoms with Crippen LogP contribution in [0.1, 0.15) is 31.2 Å². The van der Waals surface area contributed by atoms with Crippen LogP contribution in [-0.2, 0) is 31.4 Å². The highest BCUT2D eigenvalue weighted by atomic mass is 35.5. The van der Waals surface area contributed by atoms with Crippen LogP contribution in [0.2, 0.25) is 5.02 Å². The molecule has 0 heterocycles. The van der Waals surface area contributed by atoms with Crippen molar-refractivity contribution < 1.29 is 36.2 Å². The highest BCUT2D eigenvalue weighted by Gasteiger charge is 2.34. The van der Waals surface area contributed by atoms with Gasteiger partial charge in [0.25, 0.3) is 0 Å². The summed E-state index contributed by atoms with van der Waals surface area (Å²) in [6.45, 7) is -0.604. The molecule has 0 aromatic heterocycles. The number of hydrogen-bond donors (Lipinski definition) is 2. The number of anilines is 2. The molecule has 1 fully saturated rings. The van der Waals surface area contributed by atoms with Crippen LogP contribution in [0.15, 0.2) is 42.5 Å². The van der Waals surface area contributed by atoms with Gasteiger partial charge in [-0.2, -0.15) is 13.2 Å². The van der Waals surface area contributed by atoms with Gasteiger partial charge in [0.2, 0.25) is 17.7 Å². The summed E-state index contributed by atoms with van der Waals surface area (Å²) in [6, 6.07) is 7.50. The van der Waals surface area contributed by atoms with Gasteiger partial charge in [0, 0.05) is 28.2 Å². The molecule has 0 radical (unpaired) electrons. The van der Waals surface area contributed by atoms with Gasteiger partial charge in [0.05, 0.1) is 10.6 Å². The lowest BCUT2D eigenvalue weighted by Gasteiger charge is -2.24. The molecule has 1 atom stereocenters. The molecule has 1 aliphatic carbocycles. The summed E-state index contributed by atoms with van der Waals surface area (Å²) in [5, 5.41) is 4.59. The molecule has 2 N–H and O–H groups in total. The van der Waals surface area contributed by atoms with Crippen molar-refractivity contribution >= 4 is 51.5 Å². The van der Waals surface area contributed by atoms with E-state index in [1.807, 2.05) is 0 Å². The first-order valence-corrected chi connectivity index (χ1v) is 13.2. The van der Waals surface area contributed by atoms with Crippen LogP contribution in [0.3, 0.4) is 0 Å². The number of rotatable bonds is 9. The summed E-state index contributed by atoms with van der Waals surface area (Å²) in [5.41, 5.74) is -1.20. The Kier molecular flexibility index (Phi) is 9.66. The topological polar surface area (TPSA) is 95.6 Å². The van der Waals surface area contributed by atoms with E-state index in [1.165, 1.54) is 12.1 Å². The van der Waals surface area contributed by atoms with Gasteiger partial charge in [-0.05, 0) is 55.3 Å². The SMILES string of the molecule is O=C(CS(=O)CC(=O)N(CC(=O)NC1CCCC1)c1ccc(Cl)c(C(F)(F)F)c1)Nc1ccc(F)cc1. The van der Waals surface area contributed by atoms with E-state index in [9.17, 15) is 36.2 Å². The maximum absolute atomic E-state index is 13.4. The van der Waals surface area contributed by atoms with Crippen LogP contribution in [0.5, 0.6) is 0 Å². The summed E-state index contributed by atoms with van der Waals surface area (Å²) >= 11 is 5.68. The molecule has 200 valence electrons. The number of nitrogens with one attached hydrogen (secondary N) is 2. The first-order valence-electron chi connectivity index (χ1n) is 11.3. The zero-order chi connectivity index (χ0) is 27.2. The van der Waals surface area contributed by atoms with Crippen molar-refractivity contribution in [2.75, 3.05) is 28.3 Å². The molecule has 37 heavy (non-hydrogen) atoms. The maximum atomic E-state index is 13.4. The quantitative estimate of drug-likeness (QED) is 0.447. The molecule has 1 unspecified atom stereocenters. The van der Waals surface area contributed by atoms with Gasteiger partial charge < -0.3 is 15.5 Å². The molecule has 1 aliphatic rings. The zero-order valence-corrected chi connectivity index (χ0v) is 21.0. The molecule has 0 spiro atoms. The van der Waals surface area contributed by atoms with Crippen molar-refractivity contribution in [3.05, 3.63) is 58.9 Å². The van der Waals surface area contributed by atoms with Gasteiger partial charge in [0.15, 0.2) is 0 Å². The molecule has 3 amide bonds. The van der Waals surface area contributed by atoms with Crippen LogP contribution in [0.25, 0.3) is 0 Å². The van der Waals surface area contributed by atoms with Crippen molar-refractivity contribution in [2.45, 2.75) is 37.9 Å². The molecule has 2 aromatic carbocycles. The Labute approximate surface area is 218 Å². The fourth-order valence-corrected chi connectivity index (χ4v) is 4.97. The van der Waals surface area contributed by atoms with Crippen LogP contribution >= 0.6 is 11.6 Å². The molecule has 1 saturated carbocycles. The van der Waals surface area contributed by atoms with E-state index < -0.39 is 69.2 Å². The highest BCUT2D eigenvalue weighted by Crippen LogP contribution is 2.37. The van der Waals surface area contributed by atoms with Gasteiger partial charge in [-0.15, -0.1) is 0 Å². The summed E-state index contributed by atoms with van der Waals surface area (Å²) in [7, 11) is -2.06. The fourth-order valence-electron chi connectivity index (χ4n) is 3.85. The predicted octanol–water partition coefficient (Wildman–Crippen LogP) is 4.28. The van der Waals surface area contributed by atoms with Gasteiger partial charge in [-0.1, -0.05) is 24.4 Å². The van der Waals surface area contributed by atoms with Crippen LogP contribution in [0, 0.1) is 5.82 Å². The van der Waals surface area contributed by atoms with E-state index in [4.69, 9.17) is 11.6 Å². The summed E-state index contributed by atoms with van der Waals surface area (Å²) in [4.78, 5) is 38.6. The second-order valence-electron chi connectivity index (χ2n) is 8.47. The molecule has 7 nitrogen and oxygen atoms in total. The lowest BCUT2D eigenvalue weighted by Crippen LogP contribution is -2.45. The number of amides is 3. The summed E-state index contributed by atoms with van der Waals surface area (Å²) < 4.78 is 65.7. The number of carbonyl (C=O) groups excluding carboxylic acids is 3. The van der Waals surface area contributed by atoms with Crippen molar-refractivity contribution in [3.63, 3.8) is 0 Å². The molecular weight excluding hydrogens is 538 g/mol. The Morgan fingerprint density at radius 3 is 2.27 bits per heavy atom. The normalized spacial score (nSPS) is 14.7. The average Bonchev–Trinajstić information content (AvgIpc) is 3.31. The van der Waals surface area contributed by atoms with Crippen LogP contribution < -0.4 is 15.5 Å². The van der Waals surface area contributed by atoms with Crippen LogP contribution in [-0.4, -0.2) is 46.0 Å². The number of hydrogen-bond acceptors (Lipinski definition) is 4. The first kappa shape index (κ1) is 28.6. The van der Waals surface area contributed by atoms with Gasteiger partial charge in [-0.25, -0.2) is 4.39 Å². The molecule has 0 bridgehead atoms. The second-order valence-corrected chi connectivity index (χ2v) is 10.3. The monoisotopic (exact) mass is 561 g/mol. The maximum Gasteiger partial charge on any atom is 0.417 e. The van der Waals surface area contributed by atoms with E-state index in [1.54, 1.807) is 0 Å². The smallest absolute Gasteiger partial charge is 0.352 e. The standard InChI is InChI=1S/C24H24ClF4N3O4S/c25-20-10-9-18(11-19(20)24(27,28)29)32(12-21(33)30-16-3-1-2-4-16)23(35)14-37(36)13-22(34)31-17-7-5-15(26)6-8-17/h5-11,16H,1-4,12-14H2,(H,30,33)(H,31,34). The molecule has 3 rings (SSSR count). The van der Waals surface area contributed by atoms with Crippen molar-refractivity contribution in [2.24, 2.45) is 0 Å². The molecule has 0 saturated heterocycles. The lowest BCUT2D eigenvalue weighted by atomic mass is 10.1. The number of halogens is 5. The number of carbonyl (C=O) groups is 3. The van der Waals surface area contributed by atoms with Crippen molar-refractivity contribution in [1.29, 1.82) is 0 Å². The first-order chi connectivity index (χ1) is 17.4. The van der Waals surface area contributed by atoms with Crippen molar-refractivity contribution in [1.82, 2.24) is 5.32 Å². The largest absolute Gasteiger partial charge is 0.417 e. The van der Waals surface area contributed by atoms with E-state index in [0.29, 0.717) is 6.07 Å². The third-order valence-corrected chi connectivity index (χ3v) is 7.08. The number of nitrogens with zero attached hydrogens (tertiary/aromatic N) is 1. The highest BCUT2D eigenvalue weighted by molar-refractivity contribution is 7.86. The average molecular weight is 562 g/mol. The fraction of sp³-hybridized carbons (Fsp3) is 0.375. The molecule has 0 aliphatic heterocycles. The predicted molar refractivity (Wildman–Crippen MR) is 132 cm³/mol. The number of benzene rings is 2. The Balaban J connectivity index is 1.73. The third-order valence-electron chi connectivity index (χ3n) is 5.59. The third kappa shape index (κ3) is 8.53. The van der Waals surface area contributed by atoms with Crippen molar-refractivity contribution in [3.8, 4) is 0 Å². The Hall–Kier alpha value is -2.99. The summed E-state index contributed by atoms with van der Waals surface area (Å²) in [6.07, 6.45) is -1.44. The van der Waals surface area contributed by atoms with Gasteiger partial charge >= 0.3 is 6.18 Å². The minimum absolute atomic E-state index is 0.0929. The second kappa shape index (κ2) is 12.5. The number of alkyl halides is 3. The van der Waals surface area contributed by atoms with Gasteiger partial charge in [0.1, 0.15) is 23.9 Å². The molecule has 2 aromatic rings. The van der Waals surface area contributed by atoms with Crippen LogP contribution in [0.4, 0.5) is 28.9 Å². The molecular formula is C24H24ClF4N3O4S. The zero-order valence-electron chi connectivity index (χ0n) is 19.4.